The van der Waals surface area contributed by atoms with E-state index < -0.39 is 0 Å². The SMILES string of the molecule is [C-]#[N+]c1cc(-n2c3ccc(-n4c5ccccc5c5ccccc54)cc3c3ccc4c5ccccc5n(-c5ccccc5)c4c32)c(C#N)cc1-n1c2ccc(-n3c4ccccc4c4ccccc43)cc2c2c3ccccc3ccc21. The summed E-state index contributed by atoms with van der Waals surface area (Å²) < 4.78 is 11.6. The predicted molar refractivity (Wildman–Crippen MR) is 327 cm³/mol. The average molecular weight is 1000 g/mol. The van der Waals surface area contributed by atoms with Gasteiger partial charge in [0.2, 0.25) is 5.69 Å². The lowest BCUT2D eigenvalue weighted by Gasteiger charge is -2.17. The van der Waals surface area contributed by atoms with Crippen molar-refractivity contribution in [2.24, 2.45) is 0 Å². The summed E-state index contributed by atoms with van der Waals surface area (Å²) in [7, 11) is 0. The van der Waals surface area contributed by atoms with Gasteiger partial charge in [-0.3, -0.25) is 0 Å². The maximum atomic E-state index is 11.7. The molecule has 0 atom stereocenters. The molecule has 17 rings (SSSR count). The van der Waals surface area contributed by atoms with Crippen molar-refractivity contribution >= 4 is 125 Å². The molecule has 0 radical (unpaired) electrons. The van der Waals surface area contributed by atoms with Crippen LogP contribution in [0.15, 0.2) is 249 Å². The molecule has 7 nitrogen and oxygen atoms in total. The summed E-state index contributed by atoms with van der Waals surface area (Å²) in [5.74, 6) is 0. The second-order valence-corrected chi connectivity index (χ2v) is 20.6. The van der Waals surface area contributed by atoms with Crippen molar-refractivity contribution in [2.75, 3.05) is 0 Å². The molecular formula is C72H41N7. The van der Waals surface area contributed by atoms with Crippen molar-refractivity contribution in [3.8, 4) is 34.5 Å². The van der Waals surface area contributed by atoms with Crippen LogP contribution in [0.1, 0.15) is 5.56 Å². The van der Waals surface area contributed by atoms with Crippen molar-refractivity contribution in [1.29, 1.82) is 5.26 Å². The van der Waals surface area contributed by atoms with Gasteiger partial charge in [0.1, 0.15) is 6.07 Å². The fourth-order valence-electron chi connectivity index (χ4n) is 13.5. The highest BCUT2D eigenvalue weighted by Crippen LogP contribution is 2.47. The van der Waals surface area contributed by atoms with E-state index >= 15 is 0 Å². The van der Waals surface area contributed by atoms with Crippen LogP contribution >= 0.6 is 0 Å². The quantitative estimate of drug-likeness (QED) is 0.159. The molecule has 0 aliphatic carbocycles. The fraction of sp³-hybridized carbons (Fsp3) is 0. The molecular weight excluding hydrogens is 963 g/mol. The molecule has 0 N–H and O–H groups in total. The lowest BCUT2D eigenvalue weighted by molar-refractivity contribution is 1.13. The first-order valence-electron chi connectivity index (χ1n) is 26.6. The van der Waals surface area contributed by atoms with Gasteiger partial charge in [-0.05, 0) is 108 Å². The van der Waals surface area contributed by atoms with E-state index in [4.69, 9.17) is 6.57 Å². The number of para-hydroxylation sites is 6. The van der Waals surface area contributed by atoms with Crippen LogP contribution in [0, 0.1) is 17.9 Å². The first-order valence-corrected chi connectivity index (χ1v) is 26.6. The van der Waals surface area contributed by atoms with Crippen LogP contribution in [0.4, 0.5) is 5.69 Å². The Morgan fingerprint density at radius 3 is 1.32 bits per heavy atom. The van der Waals surface area contributed by atoms with Crippen molar-refractivity contribution in [3.05, 3.63) is 266 Å². The van der Waals surface area contributed by atoms with Crippen LogP contribution in [0.25, 0.3) is 153 Å². The van der Waals surface area contributed by atoms with E-state index in [1.54, 1.807) is 0 Å². The van der Waals surface area contributed by atoms with E-state index in [1.807, 2.05) is 12.1 Å². The van der Waals surface area contributed by atoms with Crippen LogP contribution in [0.5, 0.6) is 0 Å². The van der Waals surface area contributed by atoms with Gasteiger partial charge in [0.15, 0.2) is 0 Å². The zero-order valence-electron chi connectivity index (χ0n) is 42.3. The molecule has 0 saturated carbocycles. The molecule has 12 aromatic carbocycles. The Hall–Kier alpha value is -11.1. The van der Waals surface area contributed by atoms with E-state index in [2.05, 4.69) is 270 Å². The lowest BCUT2D eigenvalue weighted by Crippen LogP contribution is -2.03. The number of fused-ring (bicyclic) bond motifs is 18. The van der Waals surface area contributed by atoms with Gasteiger partial charge in [-0.1, -0.05) is 152 Å². The summed E-state index contributed by atoms with van der Waals surface area (Å²) in [4.78, 5) is 4.40. The molecule has 0 saturated heterocycles. The Balaban J connectivity index is 0.967. The van der Waals surface area contributed by atoms with Gasteiger partial charge in [0.25, 0.3) is 0 Å². The van der Waals surface area contributed by atoms with Crippen LogP contribution in [-0.2, 0) is 0 Å². The Morgan fingerprint density at radius 2 is 0.747 bits per heavy atom. The molecule has 0 spiro atoms. The fourth-order valence-corrected chi connectivity index (χ4v) is 13.5. The van der Waals surface area contributed by atoms with E-state index in [0.29, 0.717) is 22.6 Å². The Morgan fingerprint density at radius 1 is 0.304 bits per heavy atom. The first kappa shape index (κ1) is 43.2. The van der Waals surface area contributed by atoms with Crippen LogP contribution < -0.4 is 0 Å². The highest BCUT2D eigenvalue weighted by molar-refractivity contribution is 6.25. The third-order valence-electron chi connectivity index (χ3n) is 16.7. The highest BCUT2D eigenvalue weighted by atomic mass is 15.1. The second kappa shape index (κ2) is 16.2. The van der Waals surface area contributed by atoms with Gasteiger partial charge >= 0.3 is 0 Å². The number of hydrogen-bond donors (Lipinski definition) is 0. The normalized spacial score (nSPS) is 12.0. The lowest BCUT2D eigenvalue weighted by atomic mass is 10.0. The van der Waals surface area contributed by atoms with Gasteiger partial charge in [0.05, 0.1) is 78.7 Å². The summed E-state index contributed by atoms with van der Waals surface area (Å²) in [6.07, 6.45) is 0. The molecule has 0 bridgehead atoms. The summed E-state index contributed by atoms with van der Waals surface area (Å²) in [6.45, 7) is 9.09. The number of nitriles is 1. The monoisotopic (exact) mass is 1000 g/mol. The van der Waals surface area contributed by atoms with E-state index in [9.17, 15) is 5.26 Å². The molecule has 17 aromatic rings. The average Bonchev–Trinajstić information content (AvgIpc) is 3.87. The predicted octanol–water partition coefficient (Wildman–Crippen LogP) is 18.7. The largest absolute Gasteiger partial charge is 0.319 e. The van der Waals surface area contributed by atoms with E-state index in [-0.39, 0.29) is 0 Å². The number of benzene rings is 12. The molecule has 0 aliphatic rings. The minimum Gasteiger partial charge on any atom is -0.319 e. The molecule has 5 aromatic heterocycles. The van der Waals surface area contributed by atoms with Crippen molar-refractivity contribution < 1.29 is 0 Å². The number of rotatable bonds is 5. The van der Waals surface area contributed by atoms with Crippen molar-refractivity contribution in [3.63, 3.8) is 0 Å². The molecule has 5 heterocycles. The number of aromatic nitrogens is 5. The van der Waals surface area contributed by atoms with Crippen LogP contribution in [0.3, 0.4) is 0 Å². The summed E-state index contributed by atoms with van der Waals surface area (Å²) in [6, 6.07) is 90.9. The minimum absolute atomic E-state index is 0.431. The van der Waals surface area contributed by atoms with Crippen molar-refractivity contribution in [2.45, 2.75) is 0 Å². The third kappa shape index (κ3) is 5.88. The summed E-state index contributed by atoms with van der Waals surface area (Å²) in [5, 5.41) is 25.2. The highest BCUT2D eigenvalue weighted by Gasteiger charge is 2.26. The summed E-state index contributed by atoms with van der Waals surface area (Å²) >= 11 is 0. The minimum atomic E-state index is 0.431. The van der Waals surface area contributed by atoms with E-state index in [1.165, 1.54) is 21.5 Å². The van der Waals surface area contributed by atoms with Gasteiger partial charge in [-0.25, -0.2) is 4.85 Å². The Kier molecular flexibility index (Phi) is 8.85. The Labute approximate surface area is 451 Å². The molecule has 364 valence electrons. The molecule has 0 unspecified atom stereocenters. The van der Waals surface area contributed by atoms with Gasteiger partial charge in [-0.2, -0.15) is 5.26 Å². The zero-order chi connectivity index (χ0) is 52.0. The number of nitrogens with zero attached hydrogens (tertiary/aromatic N) is 7. The standard InChI is InChI=1S/C72H41N7/c1-74-59-42-68(45(43-73)39-69(59)78-66-38-33-48(41-58(66)70-49-20-6-5-17-44(49)31-36-67(70)78)76-62-28-14-9-23-52(62)53-24-10-15-29-63(53)76)79-65-37-32-47(75-60-26-12-7-21-50(60)51-22-8-13-27-61(51)75)40-57(65)56-35-34-55-54-25-11-16-30-64(54)77(71(55)72(56)79)46-18-3-2-4-19-46/h2-42H. The Bertz CT molecular complexity index is 5480. The second-order valence-electron chi connectivity index (χ2n) is 20.6. The molecule has 0 amide bonds. The first-order chi connectivity index (χ1) is 39.1. The van der Waals surface area contributed by atoms with Gasteiger partial charge < -0.3 is 22.8 Å². The zero-order valence-corrected chi connectivity index (χ0v) is 42.3. The van der Waals surface area contributed by atoms with Gasteiger partial charge in [0, 0.05) is 70.9 Å². The molecule has 79 heavy (non-hydrogen) atoms. The molecule has 0 fully saturated rings. The van der Waals surface area contributed by atoms with Crippen LogP contribution in [-0.4, -0.2) is 22.8 Å². The molecule has 7 heteroatoms. The topological polar surface area (TPSA) is 52.8 Å². The van der Waals surface area contributed by atoms with Gasteiger partial charge in [-0.15, -0.1) is 0 Å². The van der Waals surface area contributed by atoms with E-state index in [0.717, 1.165) is 115 Å². The number of hydrogen-bond acceptors (Lipinski definition) is 1. The molecule has 0 aliphatic heterocycles. The smallest absolute Gasteiger partial charge is 0.212 e. The van der Waals surface area contributed by atoms with Crippen molar-refractivity contribution in [1.82, 2.24) is 22.8 Å². The maximum Gasteiger partial charge on any atom is 0.212 e. The maximum absolute atomic E-state index is 11.7. The van der Waals surface area contributed by atoms with Crippen LogP contribution in [0.2, 0.25) is 0 Å². The summed E-state index contributed by atoms with van der Waals surface area (Å²) in [5.41, 5.74) is 15.7. The third-order valence-corrected chi connectivity index (χ3v) is 16.7.